The van der Waals surface area contributed by atoms with Crippen molar-refractivity contribution < 1.29 is 31.1 Å². The van der Waals surface area contributed by atoms with E-state index in [1.807, 2.05) is 0 Å². The number of halogens is 3. The van der Waals surface area contributed by atoms with Gasteiger partial charge >= 0.3 is 6.36 Å². The predicted octanol–water partition coefficient (Wildman–Crippen LogP) is 2.35. The Bertz CT molecular complexity index is 621. The van der Waals surface area contributed by atoms with Crippen molar-refractivity contribution in [2.24, 2.45) is 0 Å². The van der Waals surface area contributed by atoms with E-state index in [9.17, 15) is 26.4 Å². The fourth-order valence-corrected chi connectivity index (χ4v) is 1.58. The second-order valence-corrected chi connectivity index (χ2v) is 7.37. The third-order valence-corrected chi connectivity index (χ3v) is 4.86. The zero-order valence-corrected chi connectivity index (χ0v) is 12.3. The van der Waals surface area contributed by atoms with Crippen LogP contribution in [0.15, 0.2) is 24.3 Å². The second-order valence-electron chi connectivity index (χ2n) is 4.81. The molecular formula is C12H14F3NO4S. The van der Waals surface area contributed by atoms with Gasteiger partial charge in [0.2, 0.25) is 5.91 Å². The van der Waals surface area contributed by atoms with E-state index in [1.54, 1.807) is 0 Å². The van der Waals surface area contributed by atoms with E-state index in [-0.39, 0.29) is 5.69 Å². The number of sulfone groups is 1. The number of carbonyl (C=O) groups excluding carboxylic acids is 1. The highest BCUT2D eigenvalue weighted by Crippen LogP contribution is 2.25. The number of carbonyl (C=O) groups is 1. The van der Waals surface area contributed by atoms with Crippen LogP contribution in [0.5, 0.6) is 5.75 Å². The van der Waals surface area contributed by atoms with Gasteiger partial charge < -0.3 is 10.1 Å². The first kappa shape index (κ1) is 17.3. The molecule has 5 nitrogen and oxygen atoms in total. The molecule has 0 fully saturated rings. The van der Waals surface area contributed by atoms with Crippen molar-refractivity contribution in [2.75, 3.05) is 11.6 Å². The summed E-state index contributed by atoms with van der Waals surface area (Å²) in [6, 6.07) is 4.38. The van der Waals surface area contributed by atoms with Crippen LogP contribution in [-0.2, 0) is 14.6 Å². The number of hydrogen-bond acceptors (Lipinski definition) is 4. The van der Waals surface area contributed by atoms with Crippen LogP contribution >= 0.6 is 0 Å². The van der Waals surface area contributed by atoms with Gasteiger partial charge in [-0.05, 0) is 38.1 Å². The summed E-state index contributed by atoms with van der Waals surface area (Å²) in [5.74, 6) is -1.22. The van der Waals surface area contributed by atoms with E-state index in [0.29, 0.717) is 0 Å². The molecule has 0 atom stereocenters. The van der Waals surface area contributed by atoms with Gasteiger partial charge in [-0.2, -0.15) is 0 Å². The Morgan fingerprint density at radius 2 is 1.62 bits per heavy atom. The molecule has 9 heteroatoms. The minimum absolute atomic E-state index is 0.159. The highest BCUT2D eigenvalue weighted by Gasteiger charge is 2.38. The zero-order valence-electron chi connectivity index (χ0n) is 11.5. The number of anilines is 1. The summed E-state index contributed by atoms with van der Waals surface area (Å²) in [7, 11) is -3.64. The van der Waals surface area contributed by atoms with Gasteiger partial charge in [-0.3, -0.25) is 4.79 Å². The molecule has 1 aromatic rings. The average Bonchev–Trinajstić information content (AvgIpc) is 2.28. The molecule has 1 amide bonds. The van der Waals surface area contributed by atoms with Crippen LogP contribution in [0.25, 0.3) is 0 Å². The summed E-state index contributed by atoms with van der Waals surface area (Å²) in [6.07, 6.45) is -3.88. The van der Waals surface area contributed by atoms with E-state index in [1.165, 1.54) is 26.0 Å². The number of alkyl halides is 3. The molecule has 118 valence electrons. The molecule has 21 heavy (non-hydrogen) atoms. The number of benzene rings is 1. The van der Waals surface area contributed by atoms with Gasteiger partial charge in [0.05, 0.1) is 0 Å². The van der Waals surface area contributed by atoms with Crippen LogP contribution in [0.1, 0.15) is 13.8 Å². The summed E-state index contributed by atoms with van der Waals surface area (Å²) in [5.41, 5.74) is 0.159. The fraction of sp³-hybridized carbons (Fsp3) is 0.417. The van der Waals surface area contributed by atoms with Crippen molar-refractivity contribution in [1.29, 1.82) is 0 Å². The molecule has 1 aromatic carbocycles. The molecule has 0 aliphatic carbocycles. The molecule has 0 spiro atoms. The van der Waals surface area contributed by atoms with E-state index in [4.69, 9.17) is 0 Å². The molecule has 1 rings (SSSR count). The maximum absolute atomic E-state index is 12.0. The largest absolute Gasteiger partial charge is 0.573 e. The van der Waals surface area contributed by atoms with Crippen molar-refractivity contribution >= 4 is 21.4 Å². The third-order valence-electron chi connectivity index (χ3n) is 2.82. The molecular weight excluding hydrogens is 311 g/mol. The Hall–Kier alpha value is -1.77. The molecule has 0 aliphatic heterocycles. The Labute approximate surface area is 120 Å². The topological polar surface area (TPSA) is 72.5 Å². The number of amides is 1. The first-order chi connectivity index (χ1) is 9.33. The molecule has 0 aromatic heterocycles. The van der Waals surface area contributed by atoms with Gasteiger partial charge in [0, 0.05) is 11.9 Å². The second kappa shape index (κ2) is 5.55. The summed E-state index contributed by atoms with van der Waals surface area (Å²) in [5, 5.41) is 2.32. The van der Waals surface area contributed by atoms with Gasteiger partial charge in [-0.1, -0.05) is 0 Å². The van der Waals surface area contributed by atoms with Crippen molar-refractivity contribution in [3.8, 4) is 5.75 Å². The number of hydrogen-bond donors (Lipinski definition) is 1. The quantitative estimate of drug-likeness (QED) is 0.922. The first-order valence-corrected chi connectivity index (χ1v) is 7.59. The van der Waals surface area contributed by atoms with E-state index in [2.05, 4.69) is 10.1 Å². The number of ether oxygens (including phenoxy) is 1. The lowest BCUT2D eigenvalue weighted by molar-refractivity contribution is -0.274. The van der Waals surface area contributed by atoms with Crippen LogP contribution in [-0.4, -0.2) is 31.7 Å². The molecule has 0 radical (unpaired) electrons. The first-order valence-electron chi connectivity index (χ1n) is 5.70. The predicted molar refractivity (Wildman–Crippen MR) is 70.7 cm³/mol. The Kier molecular flexibility index (Phi) is 4.57. The molecule has 0 aliphatic rings. The van der Waals surface area contributed by atoms with Crippen molar-refractivity contribution in [3.05, 3.63) is 24.3 Å². The molecule has 1 N–H and O–H groups in total. The molecule has 0 saturated heterocycles. The summed E-state index contributed by atoms with van der Waals surface area (Å²) in [4.78, 5) is 11.9. The van der Waals surface area contributed by atoms with Gasteiger partial charge in [-0.15, -0.1) is 13.2 Å². The minimum atomic E-state index is -4.80. The van der Waals surface area contributed by atoms with Gasteiger partial charge in [0.1, 0.15) is 10.5 Å². The highest BCUT2D eigenvalue weighted by atomic mass is 32.2. The Balaban J connectivity index is 2.84. The molecule has 0 unspecified atom stereocenters. The monoisotopic (exact) mass is 325 g/mol. The lowest BCUT2D eigenvalue weighted by atomic mass is 10.2. The normalized spacial score (nSPS) is 12.9. The van der Waals surface area contributed by atoms with E-state index >= 15 is 0 Å². The maximum atomic E-state index is 12.0. The lowest BCUT2D eigenvalue weighted by Gasteiger charge is -2.21. The molecule has 0 heterocycles. The average molecular weight is 325 g/mol. The number of rotatable bonds is 4. The SMILES string of the molecule is CC(C)(C(=O)Nc1ccc(OC(F)(F)F)cc1)S(C)(=O)=O. The Morgan fingerprint density at radius 1 is 1.14 bits per heavy atom. The van der Waals surface area contributed by atoms with Crippen LogP contribution in [0.4, 0.5) is 18.9 Å². The highest BCUT2D eigenvalue weighted by molar-refractivity contribution is 7.92. The number of nitrogens with one attached hydrogen (secondary N) is 1. The smallest absolute Gasteiger partial charge is 0.406 e. The van der Waals surface area contributed by atoms with E-state index in [0.717, 1.165) is 18.4 Å². The van der Waals surface area contributed by atoms with E-state index < -0.39 is 32.6 Å². The third kappa shape index (κ3) is 4.62. The summed E-state index contributed by atoms with van der Waals surface area (Å²) < 4.78 is 60.9. The summed E-state index contributed by atoms with van der Waals surface area (Å²) in [6.45, 7) is 2.47. The van der Waals surface area contributed by atoms with Crippen molar-refractivity contribution in [2.45, 2.75) is 25.0 Å². The molecule has 0 saturated carbocycles. The summed E-state index contributed by atoms with van der Waals surface area (Å²) >= 11 is 0. The van der Waals surface area contributed by atoms with Crippen molar-refractivity contribution in [3.63, 3.8) is 0 Å². The minimum Gasteiger partial charge on any atom is -0.406 e. The van der Waals surface area contributed by atoms with Crippen LogP contribution in [0.3, 0.4) is 0 Å². The maximum Gasteiger partial charge on any atom is 0.573 e. The zero-order chi connectivity index (χ0) is 16.5. The fourth-order valence-electron chi connectivity index (χ4n) is 1.19. The van der Waals surface area contributed by atoms with Crippen LogP contribution in [0.2, 0.25) is 0 Å². The molecule has 0 bridgehead atoms. The van der Waals surface area contributed by atoms with Crippen LogP contribution < -0.4 is 10.1 Å². The Morgan fingerprint density at radius 3 is 2.00 bits per heavy atom. The van der Waals surface area contributed by atoms with Crippen LogP contribution in [0, 0.1) is 0 Å². The lowest BCUT2D eigenvalue weighted by Crippen LogP contribution is -2.43. The van der Waals surface area contributed by atoms with Gasteiger partial charge in [0.15, 0.2) is 9.84 Å². The van der Waals surface area contributed by atoms with Gasteiger partial charge in [-0.25, -0.2) is 8.42 Å². The van der Waals surface area contributed by atoms with Gasteiger partial charge in [0.25, 0.3) is 0 Å². The van der Waals surface area contributed by atoms with Crippen molar-refractivity contribution in [1.82, 2.24) is 0 Å². The standard InChI is InChI=1S/C12H14F3NO4S/c1-11(2,21(3,18)19)10(17)16-8-4-6-9(7-5-8)20-12(13,14)15/h4-7H,1-3H3,(H,16,17).